The van der Waals surface area contributed by atoms with Crippen LogP contribution in [0.2, 0.25) is 0 Å². The Labute approximate surface area is 857 Å². The SMILES string of the molecule is C=CC(O)CCC1=Nc2ccc(Br)cc2C(c2ccccn2)=N[C@H]1CCC(=O)OC.C=CC(O)CN.C=CC(O)CN=[N+]=[N-].C=CC1CO1.C=Cc1nnc2n1-c1ccc(Br)cc1C(c1ccccn1)=N[C@H]2CCC(=O)OC.COC(=O)CC[C@@H]1N=C(c2ccccn2)c2cc(Br)ccc2CC1=O.COC(=O)CC[C@@H]1N=C(c2ccccn2)c2cc(Br)ccc2N=C1OP(=O)(N1CCOCC1)N1CCOCC1. The second-order valence-electron chi connectivity index (χ2n) is 31.6. The number of hydrogen-bond acceptors (Lipinski definition) is 31. The minimum atomic E-state index is -3.60. The number of pyridine rings is 4. The van der Waals surface area contributed by atoms with Crippen LogP contribution in [0.15, 0.2) is 281 Å². The number of epoxide rings is 1. The summed E-state index contributed by atoms with van der Waals surface area (Å²) in [6, 6.07) is 43.8. The number of ether oxygens (including phenoxy) is 7. The van der Waals surface area contributed by atoms with Gasteiger partial charge in [-0.2, -0.15) is 0 Å². The lowest BCUT2D eigenvalue weighted by atomic mass is 9.97. The molecule has 4 unspecified atom stereocenters. The molecular formula is C101H112Br4N19O17P. The molecule has 0 saturated carbocycles. The molecule has 746 valence electrons. The summed E-state index contributed by atoms with van der Waals surface area (Å²) in [7, 11) is 1.85. The number of aliphatic hydroxyl groups is 3. The number of nitrogens with zero attached hydrogens (tertiary/aromatic N) is 18. The molecule has 9 aromatic rings. The molecule has 0 aliphatic carbocycles. The predicted molar refractivity (Wildman–Crippen MR) is 557 cm³/mol. The second kappa shape index (κ2) is 57.8. The van der Waals surface area contributed by atoms with Crippen LogP contribution in [0.1, 0.15) is 132 Å². The zero-order valence-electron chi connectivity index (χ0n) is 78.9. The van der Waals surface area contributed by atoms with Gasteiger partial charge in [0, 0.05) is 140 Å². The van der Waals surface area contributed by atoms with Crippen molar-refractivity contribution < 1.29 is 81.5 Å². The highest BCUT2D eigenvalue weighted by atomic mass is 79.9. The molecule has 3 fully saturated rings. The largest absolute Gasteiger partial charge is 0.469 e. The van der Waals surface area contributed by atoms with Crippen LogP contribution < -0.4 is 5.73 Å². The fourth-order valence-corrected chi connectivity index (χ4v) is 18.3. The van der Waals surface area contributed by atoms with Crippen LogP contribution in [0.25, 0.3) is 22.2 Å². The topological polar surface area (TPSA) is 478 Å². The summed E-state index contributed by atoms with van der Waals surface area (Å²) >= 11 is 14.1. The van der Waals surface area contributed by atoms with Crippen molar-refractivity contribution >= 4 is 153 Å². The molecule has 0 spiro atoms. The number of morpholine rings is 2. The van der Waals surface area contributed by atoms with E-state index in [1.54, 1.807) is 36.9 Å². The Balaban J connectivity index is 0.000000184. The molecule has 12 heterocycles. The molecule has 0 bridgehead atoms. The van der Waals surface area contributed by atoms with Crippen LogP contribution in [0.4, 0.5) is 11.4 Å². The minimum Gasteiger partial charge on any atom is -0.469 e. The molecule has 5 aromatic heterocycles. The highest BCUT2D eigenvalue weighted by Crippen LogP contribution is 2.56. The number of hydrogen-bond donors (Lipinski definition) is 4. The monoisotopic (exact) mass is 2210 g/mol. The fraction of sp³-hybridized carbons (Fsp3) is 0.337. The molecule has 41 heteroatoms. The van der Waals surface area contributed by atoms with Gasteiger partial charge in [-0.1, -0.05) is 130 Å². The molecule has 36 nitrogen and oxygen atoms in total. The Bertz CT molecular complexity index is 6120. The van der Waals surface area contributed by atoms with Crippen LogP contribution >= 0.6 is 71.4 Å². The van der Waals surface area contributed by atoms with Gasteiger partial charge < -0.3 is 58.7 Å². The molecule has 7 aliphatic rings. The molecule has 16 rings (SSSR count). The van der Waals surface area contributed by atoms with Gasteiger partial charge in [-0.3, -0.25) is 73.4 Å². The van der Waals surface area contributed by atoms with E-state index >= 15 is 0 Å². The summed E-state index contributed by atoms with van der Waals surface area (Å²) < 4.78 is 65.6. The molecule has 5 N–H and O–H groups in total. The van der Waals surface area contributed by atoms with E-state index in [9.17, 15) is 33.6 Å². The van der Waals surface area contributed by atoms with Crippen molar-refractivity contribution in [1.29, 1.82) is 0 Å². The first-order valence-corrected chi connectivity index (χ1v) is 50.0. The number of esters is 4. The lowest BCUT2D eigenvalue weighted by Gasteiger charge is -2.41. The molecule has 7 aliphatic heterocycles. The number of carbonyl (C=O) groups is 5. The van der Waals surface area contributed by atoms with Gasteiger partial charge in [0.2, 0.25) is 5.90 Å². The Morgan fingerprint density at radius 2 is 0.958 bits per heavy atom. The maximum atomic E-state index is 14.8. The van der Waals surface area contributed by atoms with Gasteiger partial charge in [0.05, 0.1) is 161 Å². The number of methoxy groups -OCH3 is 4. The Morgan fingerprint density at radius 1 is 0.542 bits per heavy atom. The van der Waals surface area contributed by atoms with Crippen molar-refractivity contribution in [2.45, 2.75) is 119 Å². The molecule has 0 radical (unpaired) electrons. The minimum absolute atomic E-state index is 0.00148. The van der Waals surface area contributed by atoms with Crippen molar-refractivity contribution in [3.05, 3.63) is 318 Å². The number of aromatic nitrogens is 7. The third-order valence-electron chi connectivity index (χ3n) is 22.1. The lowest BCUT2D eigenvalue weighted by Crippen LogP contribution is -2.44. The van der Waals surface area contributed by atoms with Crippen LogP contribution in [0.5, 0.6) is 0 Å². The molecule has 0 amide bonds. The number of carbonyl (C=O) groups excluding carboxylic acids is 5. The first-order chi connectivity index (χ1) is 68.7. The Morgan fingerprint density at radius 3 is 1.39 bits per heavy atom. The number of Topliss-reactive ketones (excluding diaryl/α,β-unsaturated/α-hetero) is 1. The molecular weight excluding hydrogens is 2100 g/mol. The number of aliphatic hydroxyl groups excluding tert-OH is 3. The quantitative estimate of drug-likeness (QED) is 0.00475. The van der Waals surface area contributed by atoms with Gasteiger partial charge in [0.25, 0.3) is 0 Å². The summed E-state index contributed by atoms with van der Waals surface area (Å²) in [6.07, 6.45) is 16.6. The van der Waals surface area contributed by atoms with Crippen molar-refractivity contribution in [2.75, 3.05) is 101 Å². The average Bonchev–Trinajstić information content (AvgIpc) is 1.58. The van der Waals surface area contributed by atoms with Gasteiger partial charge in [0.1, 0.15) is 18.1 Å². The number of azide groups is 1. The van der Waals surface area contributed by atoms with E-state index < -0.39 is 44.1 Å². The van der Waals surface area contributed by atoms with Gasteiger partial charge in [-0.05, 0) is 171 Å². The van der Waals surface area contributed by atoms with Gasteiger partial charge in [-0.25, -0.2) is 18.9 Å². The molecule has 142 heavy (non-hydrogen) atoms. The highest BCUT2D eigenvalue weighted by Gasteiger charge is 2.45. The first-order valence-electron chi connectivity index (χ1n) is 45.3. The van der Waals surface area contributed by atoms with E-state index in [-0.39, 0.29) is 93.2 Å². The van der Waals surface area contributed by atoms with Crippen molar-refractivity contribution in [2.24, 2.45) is 40.8 Å². The fourth-order valence-electron chi connectivity index (χ4n) is 14.5. The lowest BCUT2D eigenvalue weighted by molar-refractivity contribution is -0.141. The van der Waals surface area contributed by atoms with Gasteiger partial charge in [-0.15, -0.1) is 36.5 Å². The van der Waals surface area contributed by atoms with Crippen molar-refractivity contribution in [1.82, 2.24) is 44.0 Å². The molecule has 8 atom stereocenters. The number of nitrogens with two attached hydrogens (primary N) is 1. The average molecular weight is 2210 g/mol. The summed E-state index contributed by atoms with van der Waals surface area (Å²) in [5.74, 6) is 0.152. The number of rotatable bonds is 30. The van der Waals surface area contributed by atoms with E-state index in [4.69, 9.17) is 84.4 Å². The first kappa shape index (κ1) is 112. The Kier molecular flexibility index (Phi) is 45.5. The number of benzene rings is 4. The standard InChI is InChI=1S/C26H31BrN5O6P.C23H24BrN3O3.C21H18BrN5O2.C19H17BrN2O3.C4H7N3O.C4H9NO.C4H6O/c1-35-24(33)8-7-23-26(38-39(34,31-10-14-36-15-11-31)32-12-16-37-17-13-32)30-21-6-5-19(27)18-20(21)25(29-23)22-4-2-3-9-28-22;1-3-16(28)8-10-19-20(11-12-22(29)30-2)27-23(21-6-4-5-13-25-21)17-14-15(24)7-9-18(17)26-19;1-3-18-25-26-21-16(8-10-19(28)29-2)24-20(15-6-4-5-11-23-15)14-12-13(22)7-9-17(14)27(18)21;1-25-18(24)8-7-15-17(23)10-12-5-6-13(20)11-14(12)19(22-15)16-4-2-3-9-21-16;1-2-4(8)3-6-7-5;1-2-4(6)3-5;1-2-4-3-5-4/h2-6,9,18,23H,7-8,10-17H2,1H3;3-7,9,13-14,16,20,28H,1,8,10-12H2,2H3;3-7,9,11-12,16H,1,8,10H2,2H3;2-6,9,11,15H,7-8,10H2,1H3;2,4,8H,1,3H2;2,4,6H,1,3,5H2;2,4H,1,3H2/t23-;16?,20-;16-;15-;;;/m0000.../s1. The summed E-state index contributed by atoms with van der Waals surface area (Å²) in [5, 5.41) is 38.7. The van der Waals surface area contributed by atoms with Crippen LogP contribution in [0.3, 0.4) is 0 Å². The van der Waals surface area contributed by atoms with Gasteiger partial charge >= 0.3 is 31.5 Å². The summed E-state index contributed by atoms with van der Waals surface area (Å²) in [5.41, 5.74) is 25.7. The maximum absolute atomic E-state index is 14.8. The Hall–Kier alpha value is -12.2. The van der Waals surface area contributed by atoms with Crippen LogP contribution in [-0.2, 0) is 72.6 Å². The van der Waals surface area contributed by atoms with E-state index in [2.05, 4.69) is 142 Å². The number of halogens is 4. The normalized spacial score (nSPS) is 17.6. The number of aliphatic imine (C=N–C) groups is 6. The zero-order valence-corrected chi connectivity index (χ0v) is 86.1. The van der Waals surface area contributed by atoms with Crippen LogP contribution in [0, 0.1) is 0 Å². The predicted octanol–water partition coefficient (Wildman–Crippen LogP) is 16.2. The van der Waals surface area contributed by atoms with Crippen molar-refractivity contribution in [3.63, 3.8) is 0 Å². The van der Waals surface area contributed by atoms with E-state index in [1.165, 1.54) is 46.7 Å². The van der Waals surface area contributed by atoms with Crippen molar-refractivity contribution in [3.8, 4) is 5.69 Å². The molecule has 3 saturated heterocycles. The molecule has 4 aromatic carbocycles. The van der Waals surface area contributed by atoms with E-state index in [1.807, 2.05) is 160 Å². The zero-order chi connectivity index (χ0) is 102. The number of ketones is 1. The van der Waals surface area contributed by atoms with E-state index in [0.29, 0.717) is 131 Å². The van der Waals surface area contributed by atoms with Gasteiger partial charge in [0.15, 0.2) is 17.4 Å². The number of fused-ring (bicyclic) bond motifs is 6. The smallest absolute Gasteiger partial charge is 0.397 e. The summed E-state index contributed by atoms with van der Waals surface area (Å²) in [6.45, 7) is 22.5. The van der Waals surface area contributed by atoms with E-state index in [0.717, 1.165) is 92.2 Å². The third-order valence-corrected chi connectivity index (χ3v) is 26.7. The third kappa shape index (κ3) is 32.9. The highest BCUT2D eigenvalue weighted by molar-refractivity contribution is 9.11. The summed E-state index contributed by atoms with van der Waals surface area (Å²) in [4.78, 5) is 110. The second-order valence-corrected chi connectivity index (χ2v) is 37.6. The maximum Gasteiger partial charge on any atom is 0.397 e. The van der Waals surface area contributed by atoms with Crippen LogP contribution in [-0.4, -0.2) is 267 Å².